The van der Waals surface area contributed by atoms with Crippen molar-refractivity contribution in [3.63, 3.8) is 0 Å². The van der Waals surface area contributed by atoms with Crippen molar-refractivity contribution < 1.29 is 28.8 Å². The van der Waals surface area contributed by atoms with Crippen molar-refractivity contribution >= 4 is 46.4 Å². The topological polar surface area (TPSA) is 125 Å². The van der Waals surface area contributed by atoms with E-state index >= 15 is 0 Å². The first-order valence-electron chi connectivity index (χ1n) is 17.5. The van der Waals surface area contributed by atoms with Gasteiger partial charge in [0.15, 0.2) is 6.54 Å². The monoisotopic (exact) mass is 731 g/mol. The molecule has 4 N–H and O–H groups in total. The predicted molar refractivity (Wildman–Crippen MR) is 207 cm³/mol. The van der Waals surface area contributed by atoms with Gasteiger partial charge in [-0.05, 0) is 47.4 Å². The average Bonchev–Trinajstić information content (AvgIpc) is 3.59. The van der Waals surface area contributed by atoms with Crippen molar-refractivity contribution in [2.45, 2.75) is 117 Å². The van der Waals surface area contributed by atoms with E-state index in [4.69, 9.17) is 0 Å². The average molecular weight is 732 g/mol. The number of carbonyl (C=O) groups excluding carboxylic acids is 3. The highest BCUT2D eigenvalue weighted by Crippen LogP contribution is 2.53. The molecular weight excluding hydrogens is 669 g/mol. The highest BCUT2D eigenvalue weighted by molar-refractivity contribution is 7.13. The molecule has 0 fully saturated rings. The van der Waals surface area contributed by atoms with Gasteiger partial charge in [0.05, 0.1) is 40.0 Å². The van der Waals surface area contributed by atoms with Gasteiger partial charge in [0, 0.05) is 49.0 Å². The third-order valence-electron chi connectivity index (χ3n) is 9.66. The van der Waals surface area contributed by atoms with Crippen LogP contribution in [0.1, 0.15) is 113 Å². The molecule has 2 rings (SSSR count). The van der Waals surface area contributed by atoms with E-state index < -0.39 is 5.97 Å². The lowest BCUT2D eigenvalue weighted by Gasteiger charge is -2.44. The molecule has 1 unspecified atom stereocenters. The number of aliphatic carboxylic acids is 1. The summed E-state index contributed by atoms with van der Waals surface area (Å²) in [6.45, 7) is 29.1. The van der Waals surface area contributed by atoms with Gasteiger partial charge in [-0.3, -0.25) is 14.4 Å². The van der Waals surface area contributed by atoms with E-state index in [0.717, 1.165) is 17.5 Å². The van der Waals surface area contributed by atoms with E-state index in [2.05, 4.69) is 104 Å². The molecule has 0 aromatic carbocycles. The highest BCUT2D eigenvalue weighted by atomic mass is 32.1. The van der Waals surface area contributed by atoms with Crippen LogP contribution in [0.3, 0.4) is 0 Å². The van der Waals surface area contributed by atoms with Crippen LogP contribution in [-0.4, -0.2) is 80.1 Å². The summed E-state index contributed by atoms with van der Waals surface area (Å²) in [7, 11) is 3.69. The summed E-state index contributed by atoms with van der Waals surface area (Å²) in [5.74, 6) is -1.25. The Hall–Kier alpha value is -3.02. The molecule has 2 heterocycles. The van der Waals surface area contributed by atoms with Gasteiger partial charge in [0.25, 0.3) is 0 Å². The predicted octanol–water partition coefficient (Wildman–Crippen LogP) is 6.22. The SMILES string of the molecule is C=C(C)C(=O)NCCNC(=O)Cc1cc(C(C)(C)C)sc1C(C)(C)C(C)(CC)c1cc(CC(=O)NCC[N+](C)(C)CC(=O)O)c(C(C)(C)C)s1. The Morgan fingerprint density at radius 1 is 0.760 bits per heavy atom. The number of carbonyl (C=O) groups is 4. The van der Waals surface area contributed by atoms with Crippen molar-refractivity contribution in [2.75, 3.05) is 46.8 Å². The summed E-state index contributed by atoms with van der Waals surface area (Å²) in [5, 5.41) is 18.0. The molecule has 2 aromatic heterocycles. The van der Waals surface area contributed by atoms with Gasteiger partial charge < -0.3 is 25.5 Å². The largest absolute Gasteiger partial charge is 0.477 e. The molecule has 0 aliphatic carbocycles. The van der Waals surface area contributed by atoms with Crippen LogP contribution in [0.15, 0.2) is 24.3 Å². The number of nitrogens with zero attached hydrogens (tertiary/aromatic N) is 1. The smallest absolute Gasteiger partial charge is 0.359 e. The van der Waals surface area contributed by atoms with Gasteiger partial charge in [-0.25, -0.2) is 4.79 Å². The first-order valence-corrected chi connectivity index (χ1v) is 19.2. The van der Waals surface area contributed by atoms with Gasteiger partial charge in [-0.2, -0.15) is 0 Å². The van der Waals surface area contributed by atoms with Crippen LogP contribution in [0.4, 0.5) is 0 Å². The van der Waals surface area contributed by atoms with Crippen LogP contribution in [0.25, 0.3) is 0 Å². The minimum atomic E-state index is -0.863. The zero-order valence-corrected chi connectivity index (χ0v) is 34.5. The molecule has 0 bridgehead atoms. The standard InChI is InChI=1S/C39H62N4O5S2/c1-15-39(12,29-21-26(33(50-29)37(7,8)9)22-31(45)41-18-19-43(13,14)24-32(46)47)38(10,11)34-27(20-28(49-34)36(4,5)6)23-30(44)40-16-17-42-35(48)25(2)3/h20-21H,2,15-19,22-24H2,1,3-14H3,(H3-,40,41,42,44,45,46,47,48)/p+1. The Morgan fingerprint density at radius 3 is 1.72 bits per heavy atom. The molecule has 280 valence electrons. The Morgan fingerprint density at radius 2 is 1.24 bits per heavy atom. The van der Waals surface area contributed by atoms with Crippen LogP contribution in [0.5, 0.6) is 0 Å². The Balaban J connectivity index is 2.45. The molecule has 0 aliphatic heterocycles. The summed E-state index contributed by atoms with van der Waals surface area (Å²) in [6, 6.07) is 4.42. The van der Waals surface area contributed by atoms with Crippen LogP contribution in [-0.2, 0) is 53.7 Å². The maximum absolute atomic E-state index is 13.3. The number of nitrogens with one attached hydrogen (secondary N) is 3. The Bertz CT molecular complexity index is 1550. The number of carboxylic acids is 1. The Labute approximate surface area is 308 Å². The van der Waals surface area contributed by atoms with Crippen LogP contribution in [0, 0.1) is 0 Å². The minimum absolute atomic E-state index is 0.00726. The molecular formula is C39H63N4O5S2+. The molecule has 11 heteroatoms. The van der Waals surface area contributed by atoms with E-state index in [0.29, 0.717) is 31.8 Å². The first-order chi connectivity index (χ1) is 22.7. The van der Waals surface area contributed by atoms with E-state index in [1.165, 1.54) is 19.5 Å². The molecule has 3 amide bonds. The second-order valence-corrected chi connectivity index (χ2v) is 19.1. The van der Waals surface area contributed by atoms with Crippen LogP contribution >= 0.6 is 22.7 Å². The fourth-order valence-corrected chi connectivity index (χ4v) is 9.13. The number of hydrogen-bond donors (Lipinski definition) is 4. The summed E-state index contributed by atoms with van der Waals surface area (Å²) in [4.78, 5) is 54.4. The number of rotatable bonds is 17. The molecule has 0 saturated carbocycles. The van der Waals surface area contributed by atoms with Gasteiger partial charge in [-0.15, -0.1) is 22.7 Å². The Kier molecular flexibility index (Phi) is 14.3. The van der Waals surface area contributed by atoms with E-state index in [1.807, 2.05) is 14.1 Å². The first kappa shape index (κ1) is 43.1. The molecule has 0 saturated heterocycles. The quantitative estimate of drug-likeness (QED) is 0.0874. The molecule has 2 aromatic rings. The van der Waals surface area contributed by atoms with Gasteiger partial charge in [0.2, 0.25) is 17.7 Å². The number of likely N-dealkylation sites (N-methyl/N-ethyl adjacent to an activating group) is 1. The summed E-state index contributed by atoms with van der Waals surface area (Å²) in [6.07, 6.45) is 1.34. The van der Waals surface area contributed by atoms with Gasteiger partial charge in [-0.1, -0.05) is 75.8 Å². The third-order valence-corrected chi connectivity index (χ3v) is 13.5. The van der Waals surface area contributed by atoms with Crippen molar-refractivity contribution in [1.82, 2.24) is 16.0 Å². The van der Waals surface area contributed by atoms with Crippen molar-refractivity contribution in [3.05, 3.63) is 54.9 Å². The minimum Gasteiger partial charge on any atom is -0.477 e. The van der Waals surface area contributed by atoms with Crippen LogP contribution in [0.2, 0.25) is 0 Å². The lowest BCUT2D eigenvalue weighted by Crippen LogP contribution is -2.48. The maximum atomic E-state index is 13.3. The zero-order valence-electron chi connectivity index (χ0n) is 32.9. The van der Waals surface area contributed by atoms with Crippen LogP contribution < -0.4 is 16.0 Å². The highest BCUT2D eigenvalue weighted by Gasteiger charge is 2.46. The second kappa shape index (κ2) is 16.5. The van der Waals surface area contributed by atoms with Crippen molar-refractivity contribution in [1.29, 1.82) is 0 Å². The molecule has 0 spiro atoms. The van der Waals surface area contributed by atoms with E-state index in [-0.39, 0.29) is 63.3 Å². The van der Waals surface area contributed by atoms with Crippen molar-refractivity contribution in [2.24, 2.45) is 0 Å². The molecule has 1 atom stereocenters. The second-order valence-electron chi connectivity index (χ2n) is 17.0. The zero-order chi connectivity index (χ0) is 38.5. The summed E-state index contributed by atoms with van der Waals surface area (Å²) >= 11 is 3.57. The van der Waals surface area contributed by atoms with Gasteiger partial charge in [0.1, 0.15) is 0 Å². The van der Waals surface area contributed by atoms with E-state index in [1.54, 1.807) is 29.6 Å². The number of quaternary nitrogens is 1. The third kappa shape index (κ3) is 11.2. The molecule has 0 radical (unpaired) electrons. The fourth-order valence-electron chi connectivity index (χ4n) is 6.04. The number of hydrogen-bond acceptors (Lipinski definition) is 6. The number of thiophene rings is 2. The fraction of sp³-hybridized carbons (Fsp3) is 0.641. The van der Waals surface area contributed by atoms with E-state index in [9.17, 15) is 24.3 Å². The normalized spacial score (nSPS) is 13.8. The molecule has 9 nitrogen and oxygen atoms in total. The molecule has 0 aliphatic rings. The summed E-state index contributed by atoms with van der Waals surface area (Å²) < 4.78 is 0.284. The maximum Gasteiger partial charge on any atom is 0.359 e. The summed E-state index contributed by atoms with van der Waals surface area (Å²) in [5.41, 5.74) is 1.52. The van der Waals surface area contributed by atoms with Crippen molar-refractivity contribution in [3.8, 4) is 0 Å². The molecule has 50 heavy (non-hydrogen) atoms. The number of carboxylic acid groups (broad SMARTS) is 1. The number of amides is 3. The lowest BCUT2D eigenvalue weighted by atomic mass is 9.62. The lowest BCUT2D eigenvalue weighted by molar-refractivity contribution is -0.881. The van der Waals surface area contributed by atoms with Gasteiger partial charge >= 0.3 is 5.97 Å².